The highest BCUT2D eigenvalue weighted by Gasteiger charge is 2.37. The van der Waals surface area contributed by atoms with Crippen LogP contribution in [0.1, 0.15) is 17.3 Å². The van der Waals surface area contributed by atoms with Crippen molar-refractivity contribution in [2.45, 2.75) is 32.1 Å². The predicted octanol–water partition coefficient (Wildman–Crippen LogP) is 2.99. The molecular weight excluding hydrogens is 393 g/mol. The van der Waals surface area contributed by atoms with Crippen molar-refractivity contribution in [1.29, 1.82) is 0 Å². The molecule has 2 heterocycles. The number of pyridine rings is 1. The van der Waals surface area contributed by atoms with Crippen LogP contribution in [0.2, 0.25) is 19.6 Å². The van der Waals surface area contributed by atoms with Crippen molar-refractivity contribution in [2.24, 2.45) is 0 Å². The molecule has 1 atom stereocenters. The van der Waals surface area contributed by atoms with Crippen LogP contribution in [0.5, 0.6) is 5.88 Å². The topological polar surface area (TPSA) is 91.8 Å². The summed E-state index contributed by atoms with van der Waals surface area (Å²) in [6, 6.07) is 6.78. The zero-order valence-corrected chi connectivity index (χ0v) is 17.8. The minimum atomic E-state index is -1.85. The molecule has 29 heavy (non-hydrogen) atoms. The Morgan fingerprint density at radius 1 is 1.28 bits per heavy atom. The van der Waals surface area contributed by atoms with Crippen molar-refractivity contribution >= 4 is 30.9 Å². The van der Waals surface area contributed by atoms with Crippen LogP contribution in [0.4, 0.5) is 14.9 Å². The lowest BCUT2D eigenvalue weighted by molar-refractivity contribution is -0.121. The minimum absolute atomic E-state index is 0.128. The summed E-state index contributed by atoms with van der Waals surface area (Å²) >= 11 is 0. The maximum atomic E-state index is 14.5. The van der Waals surface area contributed by atoms with Crippen molar-refractivity contribution in [1.82, 2.24) is 9.88 Å². The first-order valence-corrected chi connectivity index (χ1v) is 12.8. The molecule has 9 heteroatoms. The number of fused-ring (bicyclic) bond motifs is 1. The molecule has 0 aliphatic carbocycles. The Hall–Kier alpha value is -2.94. The Morgan fingerprint density at radius 3 is 2.59 bits per heavy atom. The summed E-state index contributed by atoms with van der Waals surface area (Å²) in [5, 5.41) is 12.9. The van der Waals surface area contributed by atoms with Gasteiger partial charge in [-0.15, -0.1) is 0 Å². The van der Waals surface area contributed by atoms with Crippen molar-refractivity contribution < 1.29 is 23.8 Å². The lowest BCUT2D eigenvalue weighted by Crippen LogP contribution is -2.45. The van der Waals surface area contributed by atoms with Gasteiger partial charge in [0, 0.05) is 30.3 Å². The van der Waals surface area contributed by atoms with Gasteiger partial charge >= 0.3 is 6.09 Å². The lowest BCUT2D eigenvalue weighted by Gasteiger charge is -2.33. The Morgan fingerprint density at radius 2 is 2.00 bits per heavy atom. The van der Waals surface area contributed by atoms with Crippen LogP contribution >= 0.6 is 0 Å². The summed E-state index contributed by atoms with van der Waals surface area (Å²) in [5.41, 5.74) is 1.40. The zero-order chi connectivity index (χ0) is 21.3. The summed E-state index contributed by atoms with van der Waals surface area (Å²) < 4.78 is 19.6. The number of anilines is 1. The van der Waals surface area contributed by atoms with Gasteiger partial charge in [0.1, 0.15) is 11.9 Å². The maximum Gasteiger partial charge on any atom is 0.408 e. The van der Waals surface area contributed by atoms with Gasteiger partial charge in [0.2, 0.25) is 5.88 Å². The van der Waals surface area contributed by atoms with Crippen LogP contribution < -0.4 is 15.2 Å². The number of carboxylic acid groups (broad SMARTS) is 1. The molecular formula is C20H24FN3O4Si. The third kappa shape index (κ3) is 4.24. The molecule has 0 fully saturated rings. The molecule has 2 amide bonds. The normalized spacial score (nSPS) is 16.2. The van der Waals surface area contributed by atoms with Crippen LogP contribution in [-0.2, 0) is 11.2 Å². The van der Waals surface area contributed by atoms with E-state index in [1.807, 2.05) is 19.6 Å². The van der Waals surface area contributed by atoms with Crippen molar-refractivity contribution in [3.63, 3.8) is 0 Å². The quantitative estimate of drug-likeness (QED) is 0.746. The van der Waals surface area contributed by atoms with E-state index in [2.05, 4.69) is 10.3 Å². The first kappa shape index (κ1) is 20.8. The van der Waals surface area contributed by atoms with Crippen LogP contribution in [-0.4, -0.2) is 48.7 Å². The second kappa shape index (κ2) is 7.82. The molecule has 7 nitrogen and oxygen atoms in total. The highest BCUT2D eigenvalue weighted by atomic mass is 28.3. The zero-order valence-electron chi connectivity index (χ0n) is 16.8. The van der Waals surface area contributed by atoms with Crippen molar-refractivity contribution in [2.75, 3.05) is 19.0 Å². The fourth-order valence-corrected chi connectivity index (χ4v) is 4.85. The van der Waals surface area contributed by atoms with Gasteiger partial charge in [0.15, 0.2) is 0 Å². The minimum Gasteiger partial charge on any atom is -0.481 e. The van der Waals surface area contributed by atoms with E-state index in [9.17, 15) is 19.1 Å². The highest BCUT2D eigenvalue weighted by Crippen LogP contribution is 2.31. The molecule has 1 aromatic carbocycles. The molecule has 0 unspecified atom stereocenters. The van der Waals surface area contributed by atoms with Gasteiger partial charge in [-0.05, 0) is 23.4 Å². The van der Waals surface area contributed by atoms with Gasteiger partial charge in [-0.2, -0.15) is 0 Å². The molecule has 0 spiro atoms. The molecule has 0 radical (unpaired) electrons. The largest absolute Gasteiger partial charge is 0.481 e. The molecule has 1 aromatic heterocycles. The Bertz CT molecular complexity index is 961. The Kier molecular flexibility index (Phi) is 5.61. The number of rotatable bonds is 4. The molecule has 3 rings (SSSR count). The summed E-state index contributed by atoms with van der Waals surface area (Å²) in [5.74, 6) is -0.524. The van der Waals surface area contributed by atoms with Crippen molar-refractivity contribution in [3.05, 3.63) is 47.4 Å². The smallest absolute Gasteiger partial charge is 0.408 e. The van der Waals surface area contributed by atoms with Crippen molar-refractivity contribution in [3.8, 4) is 5.88 Å². The molecule has 0 bridgehead atoms. The van der Waals surface area contributed by atoms with Crippen LogP contribution in [0.15, 0.2) is 30.3 Å². The summed E-state index contributed by atoms with van der Waals surface area (Å²) in [6.45, 7) is 6.24. The monoisotopic (exact) mass is 417 g/mol. The number of amides is 2. The fraction of sp³-hybridized carbons (Fsp3) is 0.350. The predicted molar refractivity (Wildman–Crippen MR) is 110 cm³/mol. The highest BCUT2D eigenvalue weighted by molar-refractivity contribution is 6.88. The molecule has 2 N–H and O–H groups in total. The molecule has 0 saturated carbocycles. The van der Waals surface area contributed by atoms with E-state index in [1.165, 1.54) is 13.2 Å². The molecule has 154 valence electrons. The van der Waals surface area contributed by atoms with Gasteiger partial charge in [0.05, 0.1) is 20.9 Å². The van der Waals surface area contributed by atoms with Crippen LogP contribution in [0, 0.1) is 5.82 Å². The van der Waals surface area contributed by atoms with Gasteiger partial charge < -0.3 is 15.2 Å². The number of nitrogens with one attached hydrogen (secondary N) is 1. The average Bonchev–Trinajstić information content (AvgIpc) is 2.65. The van der Waals surface area contributed by atoms with Crippen LogP contribution in [0.3, 0.4) is 0 Å². The first-order chi connectivity index (χ1) is 13.6. The summed E-state index contributed by atoms with van der Waals surface area (Å²) in [6.07, 6.45) is -0.825. The fourth-order valence-electron chi connectivity index (χ4n) is 3.48. The number of benzene rings is 1. The van der Waals surface area contributed by atoms with E-state index in [0.717, 1.165) is 4.90 Å². The van der Waals surface area contributed by atoms with E-state index in [0.29, 0.717) is 28.7 Å². The number of aromatic nitrogens is 1. The number of hydrogen-bond donors (Lipinski definition) is 2. The van der Waals surface area contributed by atoms with Gasteiger partial charge in [-0.1, -0.05) is 25.7 Å². The maximum absolute atomic E-state index is 14.5. The number of hydrogen-bond acceptors (Lipinski definition) is 4. The van der Waals surface area contributed by atoms with Crippen LogP contribution in [0.25, 0.3) is 0 Å². The second-order valence-corrected chi connectivity index (χ2v) is 13.0. The number of methoxy groups -OCH3 is 1. The molecule has 1 aliphatic heterocycles. The summed E-state index contributed by atoms with van der Waals surface area (Å²) in [7, 11) is -0.359. The third-order valence-corrected chi connectivity index (χ3v) is 6.95. The van der Waals surface area contributed by atoms with E-state index >= 15 is 0 Å². The van der Waals surface area contributed by atoms with Gasteiger partial charge in [-0.25, -0.2) is 14.2 Å². The van der Waals surface area contributed by atoms with E-state index in [-0.39, 0.29) is 18.0 Å². The Labute approximate surface area is 169 Å². The summed E-state index contributed by atoms with van der Waals surface area (Å²) in [4.78, 5) is 30.1. The number of nitrogens with zero attached hydrogens (tertiary/aromatic N) is 2. The van der Waals surface area contributed by atoms with Gasteiger partial charge in [-0.3, -0.25) is 9.69 Å². The molecule has 0 saturated heterocycles. The number of halogens is 1. The second-order valence-electron chi connectivity index (χ2n) is 7.95. The standard InChI is InChI=1S/C20H24FN3O4Si/c1-28-17-8-6-13-15(23-17)9-10-24(20(26)27)18(13)19(25)22-12-5-7-16(14(21)11-12)29(2,3)4/h5-8,11,18H,9-10H2,1-4H3,(H,22,25)(H,26,27)/t18-/m0/s1. The first-order valence-electron chi connectivity index (χ1n) is 9.26. The van der Waals surface area contributed by atoms with E-state index in [1.54, 1.807) is 24.3 Å². The number of ether oxygens (including phenoxy) is 1. The number of carbonyl (C=O) groups excluding carboxylic acids is 1. The lowest BCUT2D eigenvalue weighted by atomic mass is 9.96. The average molecular weight is 418 g/mol. The number of carbonyl (C=O) groups is 2. The Balaban J connectivity index is 1.92. The third-order valence-electron chi connectivity index (χ3n) is 4.93. The van der Waals surface area contributed by atoms with Gasteiger partial charge in [0.25, 0.3) is 5.91 Å². The molecule has 1 aliphatic rings. The molecule has 2 aromatic rings. The van der Waals surface area contributed by atoms with E-state index < -0.39 is 26.1 Å². The SMILES string of the molecule is COc1ccc2c(n1)CCN(C(=O)O)[C@@H]2C(=O)Nc1ccc([Si](C)(C)C)c(F)c1. The van der Waals surface area contributed by atoms with E-state index in [4.69, 9.17) is 4.74 Å².